The first-order valence-corrected chi connectivity index (χ1v) is 3.20. The number of hydroxylamine groups is 1. The van der Waals surface area contributed by atoms with E-state index in [0.29, 0.717) is 12.8 Å². The summed E-state index contributed by atoms with van der Waals surface area (Å²) in [6.45, 7) is 1.97. The molecular formula is C6H11NO3. The first-order valence-electron chi connectivity index (χ1n) is 3.20. The Labute approximate surface area is 59.5 Å². The van der Waals surface area contributed by atoms with Crippen LogP contribution in [0, 0.1) is 0 Å². The maximum Gasteiger partial charge on any atom is 0.332 e. The van der Waals surface area contributed by atoms with Gasteiger partial charge in [0.15, 0.2) is 0 Å². The smallest absolute Gasteiger partial charge is 0.332 e. The summed E-state index contributed by atoms with van der Waals surface area (Å²) in [5, 5.41) is 0. The molecule has 0 unspecified atom stereocenters. The summed E-state index contributed by atoms with van der Waals surface area (Å²) >= 11 is 0. The second-order valence-electron chi connectivity index (χ2n) is 1.81. The highest BCUT2D eigenvalue weighted by atomic mass is 16.7. The van der Waals surface area contributed by atoms with Crippen molar-refractivity contribution in [3.63, 3.8) is 0 Å². The number of nitrogens with one attached hydrogen (secondary N) is 1. The Bertz CT molecular complexity index is 114. The summed E-state index contributed by atoms with van der Waals surface area (Å²) in [5.41, 5.74) is 1.83. The van der Waals surface area contributed by atoms with E-state index in [1.165, 1.54) is 0 Å². The number of carbonyl (C=O) groups is 2. The zero-order valence-corrected chi connectivity index (χ0v) is 5.92. The zero-order valence-electron chi connectivity index (χ0n) is 5.92. The van der Waals surface area contributed by atoms with Gasteiger partial charge in [0.05, 0.1) is 0 Å². The fourth-order valence-electron chi connectivity index (χ4n) is 0.462. The van der Waals surface area contributed by atoms with Gasteiger partial charge in [-0.3, -0.25) is 4.79 Å². The molecule has 0 aliphatic carbocycles. The van der Waals surface area contributed by atoms with Gasteiger partial charge in [0.25, 0.3) is 0 Å². The van der Waals surface area contributed by atoms with Crippen LogP contribution < -0.4 is 5.48 Å². The number of hydrogen-bond acceptors (Lipinski definition) is 3. The topological polar surface area (TPSA) is 55.4 Å². The van der Waals surface area contributed by atoms with Crippen LogP contribution in [-0.4, -0.2) is 12.4 Å². The van der Waals surface area contributed by atoms with Gasteiger partial charge in [0.2, 0.25) is 6.41 Å². The van der Waals surface area contributed by atoms with Crippen LogP contribution in [0.2, 0.25) is 0 Å². The Balaban J connectivity index is 3.16. The monoisotopic (exact) mass is 145 g/mol. The van der Waals surface area contributed by atoms with Crippen molar-refractivity contribution >= 4 is 12.4 Å². The van der Waals surface area contributed by atoms with Crippen molar-refractivity contribution < 1.29 is 14.4 Å². The van der Waals surface area contributed by atoms with E-state index in [1.807, 2.05) is 12.4 Å². The van der Waals surface area contributed by atoms with Crippen molar-refractivity contribution in [1.82, 2.24) is 5.48 Å². The zero-order chi connectivity index (χ0) is 7.82. The molecule has 4 heteroatoms. The SMILES string of the molecule is CCCCC(=O)ONC=O. The van der Waals surface area contributed by atoms with E-state index >= 15 is 0 Å². The molecule has 0 spiro atoms. The molecule has 0 aliphatic heterocycles. The highest BCUT2D eigenvalue weighted by molar-refractivity contribution is 5.69. The Morgan fingerprint density at radius 3 is 2.90 bits per heavy atom. The van der Waals surface area contributed by atoms with Crippen LogP contribution in [0.1, 0.15) is 26.2 Å². The first-order chi connectivity index (χ1) is 4.81. The summed E-state index contributed by atoms with van der Waals surface area (Å²) < 4.78 is 0. The van der Waals surface area contributed by atoms with Crippen LogP contribution in [0.3, 0.4) is 0 Å². The molecule has 0 saturated heterocycles. The Kier molecular flexibility index (Phi) is 5.42. The second kappa shape index (κ2) is 6.07. The Morgan fingerprint density at radius 1 is 1.70 bits per heavy atom. The number of carbonyl (C=O) groups excluding carboxylic acids is 2. The molecule has 4 nitrogen and oxygen atoms in total. The largest absolute Gasteiger partial charge is 0.341 e. The van der Waals surface area contributed by atoms with Crippen molar-refractivity contribution in [3.8, 4) is 0 Å². The number of unbranched alkanes of at least 4 members (excludes halogenated alkanes) is 1. The fourth-order valence-corrected chi connectivity index (χ4v) is 0.462. The third-order valence-electron chi connectivity index (χ3n) is 0.955. The molecule has 0 saturated carbocycles. The highest BCUT2D eigenvalue weighted by Gasteiger charge is 1.99. The molecule has 0 aromatic carbocycles. The molecule has 0 bridgehead atoms. The van der Waals surface area contributed by atoms with Gasteiger partial charge in [-0.05, 0) is 6.42 Å². The van der Waals surface area contributed by atoms with Crippen molar-refractivity contribution in [3.05, 3.63) is 0 Å². The second-order valence-corrected chi connectivity index (χ2v) is 1.81. The molecule has 0 rings (SSSR count). The van der Waals surface area contributed by atoms with E-state index in [9.17, 15) is 9.59 Å². The molecule has 0 aromatic rings. The van der Waals surface area contributed by atoms with Crippen molar-refractivity contribution in [2.24, 2.45) is 0 Å². The van der Waals surface area contributed by atoms with Crippen molar-refractivity contribution in [2.75, 3.05) is 0 Å². The average molecular weight is 145 g/mol. The molecule has 0 aliphatic rings. The molecular weight excluding hydrogens is 134 g/mol. The Morgan fingerprint density at radius 2 is 2.40 bits per heavy atom. The summed E-state index contributed by atoms with van der Waals surface area (Å²) in [7, 11) is 0. The third kappa shape index (κ3) is 5.08. The summed E-state index contributed by atoms with van der Waals surface area (Å²) in [6.07, 6.45) is 2.41. The van der Waals surface area contributed by atoms with Gasteiger partial charge in [-0.1, -0.05) is 13.3 Å². The lowest BCUT2D eigenvalue weighted by Gasteiger charge is -1.97. The summed E-state index contributed by atoms with van der Waals surface area (Å²) in [4.78, 5) is 24.3. The van der Waals surface area contributed by atoms with E-state index in [1.54, 1.807) is 0 Å². The normalized spacial score (nSPS) is 8.50. The lowest BCUT2D eigenvalue weighted by Crippen LogP contribution is -2.17. The van der Waals surface area contributed by atoms with Crippen LogP contribution in [-0.2, 0) is 14.4 Å². The fraction of sp³-hybridized carbons (Fsp3) is 0.667. The molecule has 0 radical (unpaired) electrons. The molecule has 1 N–H and O–H groups in total. The highest BCUT2D eigenvalue weighted by Crippen LogP contribution is 1.94. The Hall–Kier alpha value is -1.06. The van der Waals surface area contributed by atoms with Gasteiger partial charge in [-0.15, -0.1) is 0 Å². The van der Waals surface area contributed by atoms with E-state index in [-0.39, 0.29) is 0 Å². The van der Waals surface area contributed by atoms with Gasteiger partial charge >= 0.3 is 5.97 Å². The molecule has 0 fully saturated rings. The van der Waals surface area contributed by atoms with Crippen LogP contribution >= 0.6 is 0 Å². The quantitative estimate of drug-likeness (QED) is 0.449. The van der Waals surface area contributed by atoms with Gasteiger partial charge in [-0.25, -0.2) is 4.79 Å². The number of hydrogen-bond donors (Lipinski definition) is 1. The van der Waals surface area contributed by atoms with Crippen molar-refractivity contribution in [2.45, 2.75) is 26.2 Å². The maximum atomic E-state index is 10.5. The van der Waals surface area contributed by atoms with Crippen LogP contribution in [0.5, 0.6) is 0 Å². The van der Waals surface area contributed by atoms with Gasteiger partial charge in [0.1, 0.15) is 0 Å². The number of rotatable bonds is 5. The molecule has 10 heavy (non-hydrogen) atoms. The van der Waals surface area contributed by atoms with E-state index in [0.717, 1.165) is 12.8 Å². The minimum Gasteiger partial charge on any atom is -0.341 e. The van der Waals surface area contributed by atoms with E-state index in [2.05, 4.69) is 4.84 Å². The van der Waals surface area contributed by atoms with Crippen LogP contribution in [0.4, 0.5) is 0 Å². The van der Waals surface area contributed by atoms with Gasteiger partial charge in [-0.2, -0.15) is 5.48 Å². The molecule has 58 valence electrons. The molecule has 0 heterocycles. The van der Waals surface area contributed by atoms with Gasteiger partial charge < -0.3 is 4.84 Å². The predicted molar refractivity (Wildman–Crippen MR) is 34.8 cm³/mol. The van der Waals surface area contributed by atoms with Crippen LogP contribution in [0.15, 0.2) is 0 Å². The number of amides is 1. The van der Waals surface area contributed by atoms with Crippen LogP contribution in [0.25, 0.3) is 0 Å². The first kappa shape index (κ1) is 8.94. The van der Waals surface area contributed by atoms with Crippen molar-refractivity contribution in [1.29, 1.82) is 0 Å². The predicted octanol–water partition coefficient (Wildman–Crippen LogP) is 0.381. The molecule has 1 amide bonds. The minimum atomic E-state index is -0.394. The maximum absolute atomic E-state index is 10.5. The summed E-state index contributed by atoms with van der Waals surface area (Å²) in [5.74, 6) is -0.394. The molecule has 0 aromatic heterocycles. The lowest BCUT2D eigenvalue weighted by molar-refractivity contribution is -0.154. The lowest BCUT2D eigenvalue weighted by atomic mass is 10.3. The average Bonchev–Trinajstić information content (AvgIpc) is 1.97. The minimum absolute atomic E-state index is 0.323. The summed E-state index contributed by atoms with van der Waals surface area (Å²) in [6, 6.07) is 0. The third-order valence-corrected chi connectivity index (χ3v) is 0.955. The molecule has 0 atom stereocenters. The van der Waals surface area contributed by atoms with E-state index < -0.39 is 5.97 Å². The van der Waals surface area contributed by atoms with Gasteiger partial charge in [0, 0.05) is 6.42 Å². The van der Waals surface area contributed by atoms with E-state index in [4.69, 9.17) is 0 Å². The standard InChI is InChI=1S/C6H11NO3/c1-2-3-4-6(9)10-7-5-8/h5H,2-4H2,1H3,(H,7,8).